The quantitative estimate of drug-likeness (QED) is 0.0677. The summed E-state index contributed by atoms with van der Waals surface area (Å²) in [4.78, 5) is 0. The van der Waals surface area contributed by atoms with E-state index in [2.05, 4.69) is 86.6 Å². The van der Waals surface area contributed by atoms with E-state index in [1.165, 1.54) is 0 Å². The molecule has 2 heterocycles. The molecule has 4 atom stereocenters. The van der Waals surface area contributed by atoms with Crippen LogP contribution in [0.3, 0.4) is 0 Å². The minimum absolute atomic E-state index is 0.00680. The minimum atomic E-state index is 0.00680. The van der Waals surface area contributed by atoms with Crippen molar-refractivity contribution >= 4 is 0 Å². The van der Waals surface area contributed by atoms with Crippen LogP contribution in [0.25, 0.3) is 22.3 Å². The van der Waals surface area contributed by atoms with Gasteiger partial charge in [0.05, 0.1) is 65.1 Å². The lowest BCUT2D eigenvalue weighted by molar-refractivity contribution is 0.00816. The highest BCUT2D eigenvalue weighted by Crippen LogP contribution is 2.27. The van der Waals surface area contributed by atoms with Crippen LogP contribution in [0.15, 0.2) is 97.1 Å². The van der Waals surface area contributed by atoms with Crippen molar-refractivity contribution in [3.8, 4) is 33.8 Å². The second-order valence-corrected chi connectivity index (χ2v) is 12.1. The molecule has 0 bridgehead atoms. The van der Waals surface area contributed by atoms with Gasteiger partial charge in [-0.15, -0.1) is 0 Å². The number of ether oxygens (including phenoxy) is 8. The van der Waals surface area contributed by atoms with Gasteiger partial charge in [-0.3, -0.25) is 0 Å². The van der Waals surface area contributed by atoms with Crippen molar-refractivity contribution in [1.82, 2.24) is 0 Å². The zero-order chi connectivity index (χ0) is 33.0. The van der Waals surface area contributed by atoms with E-state index < -0.39 is 0 Å². The second-order valence-electron chi connectivity index (χ2n) is 12.1. The van der Waals surface area contributed by atoms with Gasteiger partial charge in [-0.25, -0.2) is 0 Å². The van der Waals surface area contributed by atoms with Crippen LogP contribution >= 0.6 is 0 Å². The first kappa shape index (κ1) is 34.1. The van der Waals surface area contributed by atoms with Gasteiger partial charge in [0, 0.05) is 0 Å². The Morgan fingerprint density at radius 2 is 0.812 bits per heavy atom. The lowest BCUT2D eigenvalue weighted by atomic mass is 10.0. The highest BCUT2D eigenvalue weighted by molar-refractivity contribution is 5.65. The van der Waals surface area contributed by atoms with Gasteiger partial charge in [0.15, 0.2) is 0 Å². The van der Waals surface area contributed by atoms with Gasteiger partial charge in [-0.05, 0) is 71.5 Å². The molecule has 0 amide bonds. The number of hydrogen-bond donors (Lipinski definition) is 0. The van der Waals surface area contributed by atoms with E-state index >= 15 is 0 Å². The molecule has 2 aliphatic heterocycles. The smallest absolute Gasteiger partial charge is 0.122 e. The third-order valence-electron chi connectivity index (χ3n) is 8.36. The molecule has 0 spiro atoms. The summed E-state index contributed by atoms with van der Waals surface area (Å²) < 4.78 is 45.1. The fourth-order valence-electron chi connectivity index (χ4n) is 5.22. The summed E-state index contributed by atoms with van der Waals surface area (Å²) in [7, 11) is 0. The molecule has 0 saturated carbocycles. The Kier molecular flexibility index (Phi) is 12.5. The van der Waals surface area contributed by atoms with E-state index in [1.54, 1.807) is 0 Å². The predicted octanol–water partition coefficient (Wildman–Crippen LogP) is 7.46. The van der Waals surface area contributed by atoms with Crippen molar-refractivity contribution < 1.29 is 37.9 Å². The Bertz CT molecular complexity index is 1380. The number of rotatable bonds is 21. The molecule has 0 aliphatic carbocycles. The van der Waals surface area contributed by atoms with Crippen molar-refractivity contribution in [2.45, 2.75) is 38.3 Å². The first-order chi connectivity index (χ1) is 23.6. The molecule has 2 aliphatic rings. The Morgan fingerprint density at radius 1 is 0.479 bits per heavy atom. The highest BCUT2D eigenvalue weighted by atomic mass is 16.6. The highest BCUT2D eigenvalue weighted by Gasteiger charge is 2.22. The molecule has 2 fully saturated rings. The zero-order valence-corrected chi connectivity index (χ0v) is 27.9. The van der Waals surface area contributed by atoms with Gasteiger partial charge in [0.1, 0.15) is 36.9 Å². The molecule has 0 aromatic heterocycles. The van der Waals surface area contributed by atoms with Gasteiger partial charge in [0.2, 0.25) is 0 Å². The van der Waals surface area contributed by atoms with Crippen molar-refractivity contribution in [2.75, 3.05) is 66.1 Å². The van der Waals surface area contributed by atoms with Crippen LogP contribution in [0, 0.1) is 0 Å². The van der Waals surface area contributed by atoms with Crippen LogP contribution < -0.4 is 9.47 Å². The molecule has 254 valence electrons. The number of epoxide rings is 2. The summed E-state index contributed by atoms with van der Waals surface area (Å²) >= 11 is 0. The lowest BCUT2D eigenvalue weighted by Crippen LogP contribution is -2.10. The topological polar surface area (TPSA) is 80.4 Å². The maximum Gasteiger partial charge on any atom is 0.122 e. The lowest BCUT2D eigenvalue weighted by Gasteiger charge is -2.14. The molecule has 0 N–H and O–H groups in total. The average Bonchev–Trinajstić information content (AvgIpc) is 4.07. The maximum absolute atomic E-state index is 5.93. The molecule has 2 saturated heterocycles. The van der Waals surface area contributed by atoms with Gasteiger partial charge < -0.3 is 37.9 Å². The third-order valence-corrected chi connectivity index (χ3v) is 8.36. The summed E-state index contributed by atoms with van der Waals surface area (Å²) in [6, 6.07) is 33.3. The van der Waals surface area contributed by atoms with Crippen LogP contribution in [0.4, 0.5) is 0 Å². The molecule has 8 nitrogen and oxygen atoms in total. The van der Waals surface area contributed by atoms with E-state index in [4.69, 9.17) is 37.9 Å². The summed E-state index contributed by atoms with van der Waals surface area (Å²) in [5.41, 5.74) is 6.84. The van der Waals surface area contributed by atoms with Crippen molar-refractivity contribution in [3.05, 3.63) is 108 Å². The van der Waals surface area contributed by atoms with Gasteiger partial charge in [0.25, 0.3) is 0 Å². The Hall–Kier alpha value is -3.76. The summed E-state index contributed by atoms with van der Waals surface area (Å²) in [6.07, 6.45) is 0.589. The third kappa shape index (κ3) is 10.9. The Morgan fingerprint density at radius 3 is 1.15 bits per heavy atom. The van der Waals surface area contributed by atoms with Crippen molar-refractivity contribution in [2.24, 2.45) is 0 Å². The van der Waals surface area contributed by atoms with Crippen molar-refractivity contribution in [1.29, 1.82) is 0 Å². The minimum Gasteiger partial charge on any atom is -0.490 e. The fraction of sp³-hybridized carbons (Fsp3) is 0.400. The molecular formula is C40H46O8. The molecule has 4 aromatic carbocycles. The van der Waals surface area contributed by atoms with Crippen LogP contribution in [0.5, 0.6) is 11.5 Å². The number of hydrogen-bond acceptors (Lipinski definition) is 8. The van der Waals surface area contributed by atoms with Crippen molar-refractivity contribution in [3.63, 3.8) is 0 Å². The van der Waals surface area contributed by atoms with E-state index in [1.807, 2.05) is 24.3 Å². The molecule has 48 heavy (non-hydrogen) atoms. The predicted molar refractivity (Wildman–Crippen MR) is 185 cm³/mol. The molecule has 0 radical (unpaired) electrons. The fourth-order valence-corrected chi connectivity index (χ4v) is 5.22. The molecular weight excluding hydrogens is 608 g/mol. The summed E-state index contributed by atoms with van der Waals surface area (Å²) in [5.74, 6) is 1.62. The Balaban J connectivity index is 0.872. The second kappa shape index (κ2) is 17.6. The molecule has 6 rings (SSSR count). The SMILES string of the molecule is CC(OCCOCC1CO1)c1ccc(-c2ccc(OCCOc3ccc(-c4ccc(C(C)OCCOCC5CO5)cc4)cc3)cc2)cc1. The van der Waals surface area contributed by atoms with Crippen LogP contribution in [-0.2, 0) is 28.4 Å². The van der Waals surface area contributed by atoms with E-state index in [0.717, 1.165) is 58.1 Å². The summed E-state index contributed by atoms with van der Waals surface area (Å²) in [5, 5.41) is 0. The monoisotopic (exact) mass is 654 g/mol. The average molecular weight is 655 g/mol. The Labute approximate surface area is 283 Å². The van der Waals surface area contributed by atoms with Crippen LogP contribution in [0.2, 0.25) is 0 Å². The maximum atomic E-state index is 5.93. The standard InChI is InChI=1S/C40H46O8/c1-29(43-21-19-41-25-39-27-47-39)31-3-7-33(8-4-31)35-11-15-37(16-12-35)45-23-24-46-38-17-13-36(14-18-38)34-9-5-32(6-10-34)30(2)44-22-20-42-26-40-28-48-40/h3-18,29-30,39-40H,19-28H2,1-2H3. The first-order valence-electron chi connectivity index (χ1n) is 16.9. The molecule has 8 heteroatoms. The van der Waals surface area contributed by atoms with Gasteiger partial charge in [-0.1, -0.05) is 72.8 Å². The zero-order valence-electron chi connectivity index (χ0n) is 27.9. The molecule has 4 aromatic rings. The van der Waals surface area contributed by atoms with E-state index in [0.29, 0.717) is 52.9 Å². The normalized spacial score (nSPS) is 17.9. The van der Waals surface area contributed by atoms with E-state index in [9.17, 15) is 0 Å². The van der Waals surface area contributed by atoms with Crippen LogP contribution in [0.1, 0.15) is 37.2 Å². The van der Waals surface area contributed by atoms with Gasteiger partial charge >= 0.3 is 0 Å². The number of benzene rings is 4. The van der Waals surface area contributed by atoms with Crippen LogP contribution in [-0.4, -0.2) is 78.3 Å². The first-order valence-corrected chi connectivity index (χ1v) is 16.9. The largest absolute Gasteiger partial charge is 0.490 e. The van der Waals surface area contributed by atoms with E-state index in [-0.39, 0.29) is 24.4 Å². The summed E-state index contributed by atoms with van der Waals surface area (Å²) in [6.45, 7) is 10.3. The molecule has 4 unspecified atom stereocenters. The van der Waals surface area contributed by atoms with Gasteiger partial charge in [-0.2, -0.15) is 0 Å².